The number of aliphatic hydroxyl groups excluding tert-OH is 2. The van der Waals surface area contributed by atoms with Crippen molar-refractivity contribution in [3.63, 3.8) is 0 Å². The van der Waals surface area contributed by atoms with E-state index in [1.807, 2.05) is 6.07 Å². The SMILES string of the molecule is CC1CCCC(Cc2ccc(O)c3c2C[C@@H]2C[C@@H]4C(N(C)C)C(=O)C(C(N)=O)=C(O)[C@]4(O)C(=O)C2=C3O)C1. The van der Waals surface area contributed by atoms with Crippen molar-refractivity contribution in [2.24, 2.45) is 29.4 Å². The molecule has 1 aromatic carbocycles. The van der Waals surface area contributed by atoms with Gasteiger partial charge in [-0.05, 0) is 74.7 Å². The fourth-order valence-electron chi connectivity index (χ4n) is 7.56. The molecule has 6 atom stereocenters. The number of benzene rings is 1. The molecule has 2 saturated carbocycles. The number of aliphatic hydroxyl groups is 3. The van der Waals surface area contributed by atoms with E-state index in [0.717, 1.165) is 30.4 Å². The Morgan fingerprint density at radius 1 is 1.13 bits per heavy atom. The molecule has 9 nitrogen and oxygen atoms in total. The highest BCUT2D eigenvalue weighted by atomic mass is 16.3. The Balaban J connectivity index is 1.63. The minimum absolute atomic E-state index is 0.0985. The lowest BCUT2D eigenvalue weighted by molar-refractivity contribution is -0.153. The van der Waals surface area contributed by atoms with Gasteiger partial charge in [0.1, 0.15) is 22.8 Å². The summed E-state index contributed by atoms with van der Waals surface area (Å²) in [6, 6.07) is 2.32. The molecule has 1 aromatic rings. The van der Waals surface area contributed by atoms with Crippen LogP contribution in [0.1, 0.15) is 55.7 Å². The van der Waals surface area contributed by atoms with Gasteiger partial charge < -0.3 is 26.2 Å². The van der Waals surface area contributed by atoms with Crippen molar-refractivity contribution >= 4 is 23.2 Å². The maximum absolute atomic E-state index is 13.9. The van der Waals surface area contributed by atoms with Gasteiger partial charge in [-0.15, -0.1) is 0 Å². The van der Waals surface area contributed by atoms with Gasteiger partial charge in [0.05, 0.1) is 11.6 Å². The number of fused-ring (bicyclic) bond motifs is 3. The van der Waals surface area contributed by atoms with E-state index in [0.29, 0.717) is 18.3 Å². The Morgan fingerprint density at radius 3 is 2.47 bits per heavy atom. The van der Waals surface area contributed by atoms with Crippen LogP contribution in [0.15, 0.2) is 29.0 Å². The maximum atomic E-state index is 13.9. The Bertz CT molecular complexity index is 1300. The van der Waals surface area contributed by atoms with Crippen LogP contribution in [0.2, 0.25) is 0 Å². The van der Waals surface area contributed by atoms with Crippen molar-refractivity contribution in [1.29, 1.82) is 0 Å². The average Bonchev–Trinajstić information content (AvgIpc) is 2.83. The molecule has 0 bridgehead atoms. The maximum Gasteiger partial charge on any atom is 0.255 e. The van der Waals surface area contributed by atoms with Crippen LogP contribution >= 0.6 is 0 Å². The standard InChI is InChI=1S/C29H36N2O7/c1-13-5-4-6-14(9-13)10-15-7-8-19(32)21-17(15)11-16-12-18-23(31(2)3)25(34)22(28(30)37)27(36)29(18,38)26(35)20(16)24(21)33/h7-8,13-14,16,18,23,32-33,36,38H,4-6,9-12H2,1-3H3,(H2,30,37)/t13?,14?,16-,18-,23?,29-/m1/s1. The summed E-state index contributed by atoms with van der Waals surface area (Å²) in [7, 11) is 3.18. The molecular weight excluding hydrogens is 488 g/mol. The summed E-state index contributed by atoms with van der Waals surface area (Å²) in [5, 5.41) is 44.8. The molecule has 1 amide bonds. The van der Waals surface area contributed by atoms with Crippen LogP contribution in [0.5, 0.6) is 5.75 Å². The van der Waals surface area contributed by atoms with Gasteiger partial charge in [-0.3, -0.25) is 19.3 Å². The second-order valence-corrected chi connectivity index (χ2v) is 11.9. The van der Waals surface area contributed by atoms with E-state index in [4.69, 9.17) is 5.73 Å². The molecule has 0 radical (unpaired) electrons. The van der Waals surface area contributed by atoms with Crippen LogP contribution in [0.3, 0.4) is 0 Å². The van der Waals surface area contributed by atoms with Crippen molar-refractivity contribution in [3.8, 4) is 5.75 Å². The van der Waals surface area contributed by atoms with E-state index in [1.54, 1.807) is 14.1 Å². The lowest BCUT2D eigenvalue weighted by Gasteiger charge is -2.50. The van der Waals surface area contributed by atoms with Gasteiger partial charge in [0.2, 0.25) is 5.78 Å². The lowest BCUT2D eigenvalue weighted by Crippen LogP contribution is -2.65. The first-order valence-electron chi connectivity index (χ1n) is 13.4. The zero-order valence-corrected chi connectivity index (χ0v) is 22.0. The fourth-order valence-corrected chi connectivity index (χ4v) is 7.56. The molecule has 2 fully saturated rings. The van der Waals surface area contributed by atoms with E-state index in [9.17, 15) is 34.8 Å². The van der Waals surface area contributed by atoms with Crippen LogP contribution in [-0.2, 0) is 27.2 Å². The molecule has 0 saturated heterocycles. The van der Waals surface area contributed by atoms with E-state index >= 15 is 0 Å². The number of amides is 1. The second kappa shape index (κ2) is 9.24. The summed E-state index contributed by atoms with van der Waals surface area (Å²) >= 11 is 0. The third kappa shape index (κ3) is 3.78. The molecule has 38 heavy (non-hydrogen) atoms. The minimum atomic E-state index is -2.62. The molecule has 204 valence electrons. The molecular formula is C29H36N2O7. The Labute approximate surface area is 221 Å². The number of hydrogen-bond donors (Lipinski definition) is 5. The number of hydrogen-bond acceptors (Lipinski definition) is 8. The number of Topliss-reactive ketones (excluding diaryl/α,β-unsaturated/α-hetero) is 2. The summed E-state index contributed by atoms with van der Waals surface area (Å²) in [4.78, 5) is 40.7. The van der Waals surface area contributed by atoms with Crippen LogP contribution in [-0.4, -0.2) is 68.5 Å². The number of aromatic hydroxyl groups is 1. The summed E-state index contributed by atoms with van der Waals surface area (Å²) in [5.74, 6) is -5.14. The Hall–Kier alpha value is -3.17. The highest BCUT2D eigenvalue weighted by Gasteiger charge is 2.64. The monoisotopic (exact) mass is 524 g/mol. The summed E-state index contributed by atoms with van der Waals surface area (Å²) < 4.78 is 0. The molecule has 0 spiro atoms. The molecule has 6 N–H and O–H groups in total. The van der Waals surface area contributed by atoms with Gasteiger partial charge in [0.15, 0.2) is 11.4 Å². The van der Waals surface area contributed by atoms with Crippen molar-refractivity contribution in [1.82, 2.24) is 4.90 Å². The third-order valence-electron chi connectivity index (χ3n) is 9.25. The van der Waals surface area contributed by atoms with Gasteiger partial charge in [-0.2, -0.15) is 0 Å². The topological polar surface area (TPSA) is 161 Å². The molecule has 9 heteroatoms. The fraction of sp³-hybridized carbons (Fsp3) is 0.552. The number of ketones is 2. The number of rotatable bonds is 4. The van der Waals surface area contributed by atoms with Gasteiger partial charge in [-0.25, -0.2) is 0 Å². The molecule has 3 unspecified atom stereocenters. The van der Waals surface area contributed by atoms with Crippen molar-refractivity contribution in [2.75, 3.05) is 14.1 Å². The number of carbonyl (C=O) groups excluding carboxylic acids is 3. The molecule has 4 aliphatic rings. The third-order valence-corrected chi connectivity index (χ3v) is 9.25. The van der Waals surface area contributed by atoms with Crippen LogP contribution in [0, 0.1) is 23.7 Å². The second-order valence-electron chi connectivity index (χ2n) is 11.9. The van der Waals surface area contributed by atoms with Crippen LogP contribution in [0.4, 0.5) is 0 Å². The highest BCUT2D eigenvalue weighted by Crippen LogP contribution is 2.53. The smallest absolute Gasteiger partial charge is 0.255 e. The Kier molecular flexibility index (Phi) is 6.43. The Morgan fingerprint density at radius 2 is 1.84 bits per heavy atom. The average molecular weight is 525 g/mol. The van der Waals surface area contributed by atoms with Crippen molar-refractivity contribution in [2.45, 2.75) is 63.5 Å². The minimum Gasteiger partial charge on any atom is -0.508 e. The molecule has 4 aliphatic carbocycles. The number of carbonyl (C=O) groups is 3. The zero-order valence-electron chi connectivity index (χ0n) is 22.0. The van der Waals surface area contributed by atoms with E-state index in [-0.39, 0.29) is 23.3 Å². The van der Waals surface area contributed by atoms with E-state index < -0.39 is 58.0 Å². The van der Waals surface area contributed by atoms with E-state index in [1.165, 1.54) is 23.8 Å². The van der Waals surface area contributed by atoms with E-state index in [2.05, 4.69) is 6.92 Å². The van der Waals surface area contributed by atoms with Crippen molar-refractivity contribution in [3.05, 3.63) is 45.7 Å². The summed E-state index contributed by atoms with van der Waals surface area (Å²) in [6.07, 6.45) is 5.85. The van der Waals surface area contributed by atoms with Crippen LogP contribution < -0.4 is 5.73 Å². The van der Waals surface area contributed by atoms with Crippen LogP contribution in [0.25, 0.3) is 5.76 Å². The normalized spacial score (nSPS) is 33.2. The molecule has 0 aromatic heterocycles. The summed E-state index contributed by atoms with van der Waals surface area (Å²) in [5.41, 5.74) is 3.78. The van der Waals surface area contributed by atoms with Gasteiger partial charge in [0.25, 0.3) is 5.91 Å². The molecule has 5 rings (SSSR count). The van der Waals surface area contributed by atoms with Crippen molar-refractivity contribution < 1.29 is 34.8 Å². The molecule has 0 aliphatic heterocycles. The number of likely N-dealkylation sites (N-methyl/N-ethyl adjacent to an activating group) is 1. The van der Waals surface area contributed by atoms with Gasteiger partial charge in [-0.1, -0.05) is 32.3 Å². The lowest BCUT2D eigenvalue weighted by atomic mass is 9.57. The quantitative estimate of drug-likeness (QED) is 0.375. The molecule has 0 heterocycles. The predicted molar refractivity (Wildman–Crippen MR) is 139 cm³/mol. The number of nitrogens with two attached hydrogens (primary N) is 1. The van der Waals surface area contributed by atoms with Gasteiger partial charge in [0, 0.05) is 11.5 Å². The predicted octanol–water partition coefficient (Wildman–Crippen LogP) is 2.33. The summed E-state index contributed by atoms with van der Waals surface area (Å²) in [6.45, 7) is 2.26. The highest BCUT2D eigenvalue weighted by molar-refractivity contribution is 6.24. The number of phenolic OH excluding ortho intramolecular Hbond substituents is 1. The zero-order chi connectivity index (χ0) is 27.7. The van der Waals surface area contributed by atoms with Gasteiger partial charge >= 0.3 is 0 Å². The number of nitrogens with zero attached hydrogens (tertiary/aromatic N) is 1. The first kappa shape index (κ1) is 26.4. The first-order valence-corrected chi connectivity index (χ1v) is 13.4. The number of phenols is 1. The number of primary amides is 1. The largest absolute Gasteiger partial charge is 0.508 e. The first-order chi connectivity index (χ1) is 17.9.